The molecule has 2 N–H and O–H groups in total. The SMILES string of the molecule is Cc1cc(C#CCO)cc(C(=O)NCC2CCC(C)C2)c1. The first-order valence-corrected chi connectivity index (χ1v) is 7.58. The summed E-state index contributed by atoms with van der Waals surface area (Å²) in [5, 5.41) is 11.8. The zero-order valence-electron chi connectivity index (χ0n) is 12.8. The highest BCUT2D eigenvalue weighted by Gasteiger charge is 2.21. The molecule has 1 aliphatic rings. The van der Waals surface area contributed by atoms with Gasteiger partial charge in [0.25, 0.3) is 5.91 Å². The van der Waals surface area contributed by atoms with Gasteiger partial charge in [-0.3, -0.25) is 4.79 Å². The minimum absolute atomic E-state index is 0.0368. The van der Waals surface area contributed by atoms with Gasteiger partial charge in [0.1, 0.15) is 6.61 Å². The standard InChI is InChI=1S/C18H23NO2/c1-13-5-6-16(8-13)12-19-18(21)17-10-14(2)9-15(11-17)4-3-7-20/h9-11,13,16,20H,5-8,12H2,1-2H3,(H,19,21). The summed E-state index contributed by atoms with van der Waals surface area (Å²) in [6, 6.07) is 5.57. The normalized spacial score (nSPS) is 20.7. The van der Waals surface area contributed by atoms with Crippen molar-refractivity contribution in [1.82, 2.24) is 5.32 Å². The quantitative estimate of drug-likeness (QED) is 0.838. The minimum atomic E-state index is -0.171. The van der Waals surface area contributed by atoms with Gasteiger partial charge in [0.15, 0.2) is 0 Å². The van der Waals surface area contributed by atoms with Gasteiger partial charge in [0, 0.05) is 17.7 Å². The Hall–Kier alpha value is -1.79. The number of rotatable bonds is 3. The van der Waals surface area contributed by atoms with Crippen molar-refractivity contribution < 1.29 is 9.90 Å². The lowest BCUT2D eigenvalue weighted by molar-refractivity contribution is 0.0947. The van der Waals surface area contributed by atoms with E-state index in [1.807, 2.05) is 19.1 Å². The number of hydrogen-bond donors (Lipinski definition) is 2. The molecule has 1 aromatic carbocycles. The third-order valence-corrected chi connectivity index (χ3v) is 4.01. The zero-order valence-corrected chi connectivity index (χ0v) is 12.8. The second-order valence-corrected chi connectivity index (χ2v) is 6.04. The van der Waals surface area contributed by atoms with Crippen molar-refractivity contribution in [2.45, 2.75) is 33.1 Å². The van der Waals surface area contributed by atoms with E-state index in [0.717, 1.165) is 23.6 Å². The Labute approximate surface area is 126 Å². The second kappa shape index (κ2) is 7.28. The van der Waals surface area contributed by atoms with Crippen LogP contribution in [0.2, 0.25) is 0 Å². The molecule has 0 aliphatic heterocycles. The van der Waals surface area contributed by atoms with E-state index in [1.54, 1.807) is 6.07 Å². The molecule has 0 radical (unpaired) electrons. The van der Waals surface area contributed by atoms with E-state index < -0.39 is 0 Å². The van der Waals surface area contributed by atoms with Gasteiger partial charge in [-0.15, -0.1) is 0 Å². The van der Waals surface area contributed by atoms with Crippen LogP contribution in [-0.2, 0) is 0 Å². The third kappa shape index (κ3) is 4.61. The number of aliphatic hydroxyl groups is 1. The molecule has 3 nitrogen and oxygen atoms in total. The fourth-order valence-corrected chi connectivity index (χ4v) is 2.98. The molecular weight excluding hydrogens is 262 g/mol. The van der Waals surface area contributed by atoms with E-state index in [-0.39, 0.29) is 12.5 Å². The number of benzene rings is 1. The summed E-state index contributed by atoms with van der Waals surface area (Å²) in [5.74, 6) is 6.83. The lowest BCUT2D eigenvalue weighted by Crippen LogP contribution is -2.28. The van der Waals surface area contributed by atoms with Crippen molar-refractivity contribution in [1.29, 1.82) is 0 Å². The molecule has 0 bridgehead atoms. The Morgan fingerprint density at radius 2 is 2.19 bits per heavy atom. The molecule has 2 atom stereocenters. The number of hydrogen-bond acceptors (Lipinski definition) is 2. The third-order valence-electron chi connectivity index (χ3n) is 4.01. The Kier molecular flexibility index (Phi) is 5.41. The maximum absolute atomic E-state index is 12.3. The van der Waals surface area contributed by atoms with Crippen LogP contribution in [0.5, 0.6) is 0 Å². The highest BCUT2D eigenvalue weighted by atomic mass is 16.2. The largest absolute Gasteiger partial charge is 0.384 e. The summed E-state index contributed by atoms with van der Waals surface area (Å²) in [7, 11) is 0. The monoisotopic (exact) mass is 285 g/mol. The van der Waals surface area contributed by atoms with Crippen LogP contribution < -0.4 is 5.32 Å². The smallest absolute Gasteiger partial charge is 0.251 e. The van der Waals surface area contributed by atoms with Crippen LogP contribution in [0.4, 0.5) is 0 Å². The fraction of sp³-hybridized carbons (Fsp3) is 0.500. The predicted octanol–water partition coefficient (Wildman–Crippen LogP) is 2.50. The highest BCUT2D eigenvalue weighted by Crippen LogP contribution is 2.29. The average Bonchev–Trinajstić information content (AvgIpc) is 2.87. The molecule has 1 fully saturated rings. The Morgan fingerprint density at radius 3 is 2.86 bits per heavy atom. The second-order valence-electron chi connectivity index (χ2n) is 6.04. The molecule has 21 heavy (non-hydrogen) atoms. The van der Waals surface area contributed by atoms with Crippen molar-refractivity contribution in [2.24, 2.45) is 11.8 Å². The predicted molar refractivity (Wildman–Crippen MR) is 84.0 cm³/mol. The number of carbonyl (C=O) groups excluding carboxylic acids is 1. The van der Waals surface area contributed by atoms with Crippen LogP contribution in [0.15, 0.2) is 18.2 Å². The van der Waals surface area contributed by atoms with Gasteiger partial charge in [0.05, 0.1) is 0 Å². The number of amides is 1. The first-order chi connectivity index (χ1) is 10.1. The molecule has 3 heteroatoms. The molecular formula is C18H23NO2. The van der Waals surface area contributed by atoms with Crippen LogP contribution in [0.3, 0.4) is 0 Å². The lowest BCUT2D eigenvalue weighted by atomic mass is 10.0. The van der Waals surface area contributed by atoms with Gasteiger partial charge in [-0.1, -0.05) is 25.2 Å². The molecule has 2 rings (SSSR count). The number of aliphatic hydroxyl groups excluding tert-OH is 1. The van der Waals surface area contributed by atoms with Gasteiger partial charge in [0.2, 0.25) is 0 Å². The van der Waals surface area contributed by atoms with E-state index in [9.17, 15) is 4.79 Å². The van der Waals surface area contributed by atoms with E-state index in [2.05, 4.69) is 24.1 Å². The molecule has 1 saturated carbocycles. The van der Waals surface area contributed by atoms with Gasteiger partial charge in [-0.25, -0.2) is 0 Å². The summed E-state index contributed by atoms with van der Waals surface area (Å²) in [6.45, 7) is 4.80. The van der Waals surface area contributed by atoms with Crippen LogP contribution in [0, 0.1) is 30.6 Å². The molecule has 0 aromatic heterocycles. The van der Waals surface area contributed by atoms with Crippen LogP contribution >= 0.6 is 0 Å². The minimum Gasteiger partial charge on any atom is -0.384 e. The van der Waals surface area contributed by atoms with Crippen molar-refractivity contribution in [2.75, 3.05) is 13.2 Å². The lowest BCUT2D eigenvalue weighted by Gasteiger charge is -2.11. The number of carbonyl (C=O) groups is 1. The van der Waals surface area contributed by atoms with E-state index in [4.69, 9.17) is 5.11 Å². The maximum atomic E-state index is 12.3. The molecule has 112 valence electrons. The van der Waals surface area contributed by atoms with E-state index in [0.29, 0.717) is 11.5 Å². The topological polar surface area (TPSA) is 49.3 Å². The molecule has 0 saturated heterocycles. The van der Waals surface area contributed by atoms with Crippen molar-refractivity contribution >= 4 is 5.91 Å². The Morgan fingerprint density at radius 1 is 1.38 bits per heavy atom. The molecule has 1 aromatic rings. The summed E-state index contributed by atoms with van der Waals surface area (Å²) in [6.07, 6.45) is 3.69. The molecule has 0 heterocycles. The van der Waals surface area contributed by atoms with Crippen molar-refractivity contribution in [3.8, 4) is 11.8 Å². The Bertz CT molecular complexity index is 568. The van der Waals surface area contributed by atoms with Gasteiger partial charge in [-0.05, 0) is 55.4 Å². The van der Waals surface area contributed by atoms with Crippen molar-refractivity contribution in [3.05, 3.63) is 34.9 Å². The summed E-state index contributed by atoms with van der Waals surface area (Å²) >= 11 is 0. The van der Waals surface area contributed by atoms with Crippen LogP contribution in [-0.4, -0.2) is 24.2 Å². The first-order valence-electron chi connectivity index (χ1n) is 7.58. The van der Waals surface area contributed by atoms with Crippen LogP contribution in [0.1, 0.15) is 47.7 Å². The molecule has 1 aliphatic carbocycles. The van der Waals surface area contributed by atoms with Crippen molar-refractivity contribution in [3.63, 3.8) is 0 Å². The van der Waals surface area contributed by atoms with Gasteiger partial charge in [-0.2, -0.15) is 0 Å². The number of aryl methyl sites for hydroxylation is 1. The van der Waals surface area contributed by atoms with Gasteiger partial charge < -0.3 is 10.4 Å². The molecule has 2 unspecified atom stereocenters. The molecule has 1 amide bonds. The summed E-state index contributed by atoms with van der Waals surface area (Å²) in [5.41, 5.74) is 2.41. The molecule has 0 spiro atoms. The Balaban J connectivity index is 1.99. The van der Waals surface area contributed by atoms with Gasteiger partial charge >= 0.3 is 0 Å². The maximum Gasteiger partial charge on any atom is 0.251 e. The summed E-state index contributed by atoms with van der Waals surface area (Å²) < 4.78 is 0. The first kappa shape index (κ1) is 15.6. The fourth-order valence-electron chi connectivity index (χ4n) is 2.98. The highest BCUT2D eigenvalue weighted by molar-refractivity contribution is 5.94. The zero-order chi connectivity index (χ0) is 15.2. The number of nitrogens with one attached hydrogen (secondary N) is 1. The van der Waals surface area contributed by atoms with E-state index in [1.165, 1.54) is 19.3 Å². The van der Waals surface area contributed by atoms with Crippen LogP contribution in [0.25, 0.3) is 0 Å². The van der Waals surface area contributed by atoms with E-state index >= 15 is 0 Å². The summed E-state index contributed by atoms with van der Waals surface area (Å²) in [4.78, 5) is 12.3. The average molecular weight is 285 g/mol.